The molecule has 0 saturated heterocycles. The molecule has 0 amide bonds. The summed E-state index contributed by atoms with van der Waals surface area (Å²) >= 11 is 0. The summed E-state index contributed by atoms with van der Waals surface area (Å²) in [7, 11) is 0. The van der Waals surface area contributed by atoms with E-state index in [9.17, 15) is 0 Å². The Hall–Kier alpha value is -1.82. The molecule has 0 radical (unpaired) electrons. The van der Waals surface area contributed by atoms with E-state index in [1.54, 1.807) is 5.57 Å². The number of benzene rings is 2. The van der Waals surface area contributed by atoms with Crippen molar-refractivity contribution >= 4 is 6.08 Å². The Morgan fingerprint density at radius 1 is 0.870 bits per heavy atom. The molecule has 2 aromatic carbocycles. The minimum atomic E-state index is 1.09. The number of hydrogen-bond donors (Lipinski definition) is 0. The van der Waals surface area contributed by atoms with Crippen LogP contribution in [0, 0.1) is 0 Å². The summed E-state index contributed by atoms with van der Waals surface area (Å²) in [6.45, 7) is 6.81. The van der Waals surface area contributed by atoms with E-state index in [0.29, 0.717) is 0 Å². The van der Waals surface area contributed by atoms with Gasteiger partial charge in [0, 0.05) is 0 Å². The van der Waals surface area contributed by atoms with Gasteiger partial charge in [-0.15, -0.1) is 0 Å². The molecule has 0 spiro atoms. The summed E-state index contributed by atoms with van der Waals surface area (Å²) in [6, 6.07) is 13.7. The van der Waals surface area contributed by atoms with Gasteiger partial charge in [-0.3, -0.25) is 0 Å². The largest absolute Gasteiger partial charge is 0.0654 e. The molecule has 2 aromatic rings. The Balaban J connectivity index is 2.13. The smallest absolute Gasteiger partial charge is 0.00576 e. The van der Waals surface area contributed by atoms with Gasteiger partial charge in [-0.05, 0) is 65.5 Å². The number of aryl methyl sites for hydroxylation is 2. The van der Waals surface area contributed by atoms with Crippen molar-refractivity contribution in [2.45, 2.75) is 59.3 Å². The van der Waals surface area contributed by atoms with Gasteiger partial charge < -0.3 is 0 Å². The second kappa shape index (κ2) is 7.17. The van der Waals surface area contributed by atoms with Gasteiger partial charge in [-0.2, -0.15) is 0 Å². The van der Waals surface area contributed by atoms with Crippen molar-refractivity contribution in [3.05, 3.63) is 64.2 Å². The summed E-state index contributed by atoms with van der Waals surface area (Å²) in [4.78, 5) is 0. The summed E-state index contributed by atoms with van der Waals surface area (Å²) in [5, 5.41) is 0. The standard InChI is InChI=1S/C23H28/c1-4-7-10-17-15-20-14-13-19(6-3)23(22(20)16-17)21-12-9-8-11-18(21)5-2/h8-9,11-14,16H,4-7,10,15H2,1-3H3. The first-order chi connectivity index (χ1) is 11.3. The van der Waals surface area contributed by atoms with Gasteiger partial charge >= 0.3 is 0 Å². The first-order valence-corrected chi connectivity index (χ1v) is 9.20. The van der Waals surface area contributed by atoms with Crippen LogP contribution in [0.5, 0.6) is 0 Å². The van der Waals surface area contributed by atoms with Crippen LogP contribution < -0.4 is 0 Å². The maximum absolute atomic E-state index is 2.49. The molecular formula is C23H28. The van der Waals surface area contributed by atoms with E-state index in [1.807, 2.05) is 0 Å². The van der Waals surface area contributed by atoms with Gasteiger partial charge in [0.15, 0.2) is 0 Å². The van der Waals surface area contributed by atoms with Gasteiger partial charge in [-0.1, -0.05) is 75.2 Å². The zero-order chi connectivity index (χ0) is 16.2. The lowest BCUT2D eigenvalue weighted by molar-refractivity contribution is 0.779. The third kappa shape index (κ3) is 3.13. The lowest BCUT2D eigenvalue weighted by Gasteiger charge is -2.16. The van der Waals surface area contributed by atoms with E-state index in [0.717, 1.165) is 19.3 Å². The van der Waals surface area contributed by atoms with Crippen molar-refractivity contribution < 1.29 is 0 Å². The Bertz CT molecular complexity index is 719. The van der Waals surface area contributed by atoms with Gasteiger partial charge in [0.05, 0.1) is 0 Å². The van der Waals surface area contributed by atoms with E-state index in [-0.39, 0.29) is 0 Å². The van der Waals surface area contributed by atoms with Crippen molar-refractivity contribution in [3.8, 4) is 11.1 Å². The summed E-state index contributed by atoms with van der Waals surface area (Å²) in [5.41, 5.74) is 10.5. The predicted molar refractivity (Wildman–Crippen MR) is 102 cm³/mol. The molecule has 3 rings (SSSR count). The molecule has 0 heterocycles. The Morgan fingerprint density at radius 2 is 1.65 bits per heavy atom. The molecule has 23 heavy (non-hydrogen) atoms. The van der Waals surface area contributed by atoms with Crippen molar-refractivity contribution in [3.63, 3.8) is 0 Å². The van der Waals surface area contributed by atoms with E-state index in [4.69, 9.17) is 0 Å². The van der Waals surface area contributed by atoms with Crippen LogP contribution in [-0.2, 0) is 19.3 Å². The van der Waals surface area contributed by atoms with Gasteiger partial charge in [0.25, 0.3) is 0 Å². The molecule has 0 aliphatic heterocycles. The van der Waals surface area contributed by atoms with E-state index in [2.05, 4.69) is 63.2 Å². The van der Waals surface area contributed by atoms with Crippen molar-refractivity contribution in [2.75, 3.05) is 0 Å². The highest BCUT2D eigenvalue weighted by atomic mass is 14.2. The summed E-state index contributed by atoms with van der Waals surface area (Å²) in [6.07, 6.45) is 9.67. The monoisotopic (exact) mass is 304 g/mol. The van der Waals surface area contributed by atoms with Crippen molar-refractivity contribution in [1.82, 2.24) is 0 Å². The third-order valence-corrected chi connectivity index (χ3v) is 5.09. The summed E-state index contributed by atoms with van der Waals surface area (Å²) in [5.74, 6) is 0. The fourth-order valence-corrected chi connectivity index (χ4v) is 3.78. The number of hydrogen-bond acceptors (Lipinski definition) is 0. The van der Waals surface area contributed by atoms with Crippen LogP contribution in [-0.4, -0.2) is 0 Å². The molecule has 120 valence electrons. The van der Waals surface area contributed by atoms with Gasteiger partial charge in [-0.25, -0.2) is 0 Å². The number of unbranched alkanes of at least 4 members (excludes halogenated alkanes) is 1. The normalized spacial score (nSPS) is 13.1. The molecule has 0 unspecified atom stereocenters. The molecule has 0 N–H and O–H groups in total. The Kier molecular flexibility index (Phi) is 5.00. The highest BCUT2D eigenvalue weighted by Crippen LogP contribution is 2.39. The summed E-state index contributed by atoms with van der Waals surface area (Å²) < 4.78 is 0. The minimum Gasteiger partial charge on any atom is -0.0654 e. The number of allylic oxidation sites excluding steroid dienone is 1. The molecule has 0 bridgehead atoms. The van der Waals surface area contributed by atoms with Crippen LogP contribution in [0.1, 0.15) is 62.3 Å². The first-order valence-electron chi connectivity index (χ1n) is 9.20. The molecule has 0 nitrogen and oxygen atoms in total. The van der Waals surface area contributed by atoms with Crippen LogP contribution >= 0.6 is 0 Å². The number of rotatable bonds is 6. The molecule has 0 atom stereocenters. The van der Waals surface area contributed by atoms with Crippen LogP contribution in [0.25, 0.3) is 17.2 Å². The van der Waals surface area contributed by atoms with Crippen LogP contribution in [0.2, 0.25) is 0 Å². The third-order valence-electron chi connectivity index (χ3n) is 5.09. The molecule has 1 aliphatic carbocycles. The first kappa shape index (κ1) is 16.1. The zero-order valence-corrected chi connectivity index (χ0v) is 14.8. The van der Waals surface area contributed by atoms with Crippen LogP contribution in [0.15, 0.2) is 42.0 Å². The molecule has 0 fully saturated rings. The maximum Gasteiger partial charge on any atom is -0.00576 e. The topological polar surface area (TPSA) is 0 Å². The Morgan fingerprint density at radius 3 is 2.39 bits per heavy atom. The van der Waals surface area contributed by atoms with Gasteiger partial charge in [0.1, 0.15) is 0 Å². The highest BCUT2D eigenvalue weighted by Gasteiger charge is 2.20. The lowest BCUT2D eigenvalue weighted by atomic mass is 9.88. The van der Waals surface area contributed by atoms with Crippen LogP contribution in [0.4, 0.5) is 0 Å². The quantitative estimate of drug-likeness (QED) is 0.563. The van der Waals surface area contributed by atoms with E-state index in [1.165, 1.54) is 52.6 Å². The lowest BCUT2D eigenvalue weighted by Crippen LogP contribution is -1.97. The van der Waals surface area contributed by atoms with E-state index >= 15 is 0 Å². The molecule has 0 heteroatoms. The molecular weight excluding hydrogens is 276 g/mol. The average molecular weight is 304 g/mol. The Labute approximate surface area is 141 Å². The zero-order valence-electron chi connectivity index (χ0n) is 14.8. The second-order valence-corrected chi connectivity index (χ2v) is 6.62. The average Bonchev–Trinajstić information content (AvgIpc) is 3.01. The molecule has 0 saturated carbocycles. The van der Waals surface area contributed by atoms with Crippen LogP contribution in [0.3, 0.4) is 0 Å². The fraction of sp³-hybridized carbons (Fsp3) is 0.391. The molecule has 1 aliphatic rings. The minimum absolute atomic E-state index is 1.09. The van der Waals surface area contributed by atoms with E-state index < -0.39 is 0 Å². The molecule has 0 aromatic heterocycles. The fourth-order valence-electron chi connectivity index (χ4n) is 3.78. The van der Waals surface area contributed by atoms with Gasteiger partial charge in [0.2, 0.25) is 0 Å². The highest BCUT2D eigenvalue weighted by molar-refractivity contribution is 5.84. The predicted octanol–water partition coefficient (Wildman–Crippen LogP) is 6.61. The SMILES string of the molecule is CCCCC1=Cc2c(ccc(CC)c2-c2ccccc2CC)C1. The second-order valence-electron chi connectivity index (χ2n) is 6.62. The van der Waals surface area contributed by atoms with Crippen molar-refractivity contribution in [1.29, 1.82) is 0 Å². The maximum atomic E-state index is 2.49. The van der Waals surface area contributed by atoms with Crippen molar-refractivity contribution in [2.24, 2.45) is 0 Å². The number of fused-ring (bicyclic) bond motifs is 1.